The molecule has 2 aromatic rings. The lowest BCUT2D eigenvalue weighted by molar-refractivity contribution is 0.0895. The Morgan fingerprint density at radius 1 is 1.21 bits per heavy atom. The molecular weight excluding hydrogens is 376 g/mol. The van der Waals surface area contributed by atoms with Crippen LogP contribution >= 0.6 is 12.4 Å². The van der Waals surface area contributed by atoms with Crippen LogP contribution in [0.15, 0.2) is 40.8 Å². The third-order valence-electron chi connectivity index (χ3n) is 5.23. The number of rotatable bonds is 7. The van der Waals surface area contributed by atoms with Crippen LogP contribution in [0.3, 0.4) is 0 Å². The molecule has 1 saturated heterocycles. The second-order valence-corrected chi connectivity index (χ2v) is 7.35. The van der Waals surface area contributed by atoms with Gasteiger partial charge >= 0.3 is 0 Å². The van der Waals surface area contributed by atoms with Crippen molar-refractivity contribution < 1.29 is 13.9 Å². The molecule has 1 fully saturated rings. The zero-order valence-electron chi connectivity index (χ0n) is 16.9. The van der Waals surface area contributed by atoms with E-state index in [2.05, 4.69) is 17.1 Å². The van der Waals surface area contributed by atoms with Crippen molar-refractivity contribution in [3.63, 3.8) is 0 Å². The Hall–Kier alpha value is -1.98. The summed E-state index contributed by atoms with van der Waals surface area (Å²) in [4.78, 5) is 15.0. The third-order valence-corrected chi connectivity index (χ3v) is 5.23. The Morgan fingerprint density at radius 2 is 1.89 bits per heavy atom. The number of piperidine rings is 1. The van der Waals surface area contributed by atoms with Crippen molar-refractivity contribution in [1.82, 2.24) is 10.2 Å². The first-order valence-electron chi connectivity index (χ1n) is 9.88. The number of hydrogen-bond acceptors (Lipinski definition) is 4. The SMILES string of the molecule is CCOc1ccc(C(=O)NCC(c2ccc(C)o2)N2CCC(C)CC2)cc1.Cl. The third kappa shape index (κ3) is 5.76. The molecule has 0 aliphatic carbocycles. The minimum absolute atomic E-state index is 0. The number of nitrogens with one attached hydrogen (secondary N) is 1. The maximum atomic E-state index is 12.6. The van der Waals surface area contributed by atoms with Crippen LogP contribution in [0.5, 0.6) is 5.75 Å². The number of carbonyl (C=O) groups excluding carboxylic acids is 1. The molecule has 0 spiro atoms. The first-order chi connectivity index (χ1) is 13.1. The van der Waals surface area contributed by atoms with E-state index in [0.717, 1.165) is 36.3 Å². The van der Waals surface area contributed by atoms with Crippen LogP contribution in [-0.2, 0) is 0 Å². The van der Waals surface area contributed by atoms with Crippen LogP contribution in [0.25, 0.3) is 0 Å². The smallest absolute Gasteiger partial charge is 0.251 e. The molecule has 5 nitrogen and oxygen atoms in total. The van der Waals surface area contributed by atoms with E-state index in [1.54, 1.807) is 12.1 Å². The topological polar surface area (TPSA) is 54.7 Å². The maximum Gasteiger partial charge on any atom is 0.251 e. The predicted molar refractivity (Wildman–Crippen MR) is 113 cm³/mol. The van der Waals surface area contributed by atoms with Crippen molar-refractivity contribution in [3.05, 3.63) is 53.5 Å². The Balaban J connectivity index is 0.00000280. The lowest BCUT2D eigenvalue weighted by atomic mass is 9.97. The number of furan rings is 1. The fraction of sp³-hybridized carbons (Fsp3) is 0.500. The van der Waals surface area contributed by atoms with Crippen LogP contribution in [-0.4, -0.2) is 37.0 Å². The number of benzene rings is 1. The molecule has 1 atom stereocenters. The van der Waals surface area contributed by atoms with Gasteiger partial charge in [0.25, 0.3) is 5.91 Å². The van der Waals surface area contributed by atoms with Crippen LogP contribution in [0.1, 0.15) is 54.6 Å². The van der Waals surface area contributed by atoms with Gasteiger partial charge in [0.1, 0.15) is 17.3 Å². The minimum Gasteiger partial charge on any atom is -0.494 e. The summed E-state index contributed by atoms with van der Waals surface area (Å²) in [6.07, 6.45) is 2.37. The molecule has 0 bridgehead atoms. The molecular formula is C22H31ClN2O3. The van der Waals surface area contributed by atoms with Gasteiger partial charge in [-0.15, -0.1) is 12.4 Å². The highest BCUT2D eigenvalue weighted by Crippen LogP contribution is 2.27. The average Bonchev–Trinajstić information content (AvgIpc) is 3.10. The molecule has 1 amide bonds. The van der Waals surface area contributed by atoms with E-state index < -0.39 is 0 Å². The summed E-state index contributed by atoms with van der Waals surface area (Å²) >= 11 is 0. The predicted octanol–water partition coefficient (Wildman–Crippen LogP) is 4.61. The number of amides is 1. The van der Waals surface area contributed by atoms with Gasteiger partial charge in [-0.05, 0) is 82.1 Å². The van der Waals surface area contributed by atoms with Gasteiger partial charge in [-0.3, -0.25) is 9.69 Å². The highest BCUT2D eigenvalue weighted by Gasteiger charge is 2.27. The lowest BCUT2D eigenvalue weighted by Gasteiger charge is -2.35. The zero-order chi connectivity index (χ0) is 19.2. The van der Waals surface area contributed by atoms with E-state index in [9.17, 15) is 4.79 Å². The molecule has 0 saturated carbocycles. The van der Waals surface area contributed by atoms with Gasteiger partial charge < -0.3 is 14.5 Å². The monoisotopic (exact) mass is 406 g/mol. The Morgan fingerprint density at radius 3 is 2.46 bits per heavy atom. The van der Waals surface area contributed by atoms with Gasteiger partial charge in [-0.25, -0.2) is 0 Å². The Kier molecular flexibility index (Phi) is 8.39. The quantitative estimate of drug-likeness (QED) is 0.729. The molecule has 154 valence electrons. The van der Waals surface area contributed by atoms with Crippen molar-refractivity contribution in [2.75, 3.05) is 26.2 Å². The van der Waals surface area contributed by atoms with Crippen molar-refractivity contribution in [2.45, 2.75) is 39.7 Å². The molecule has 28 heavy (non-hydrogen) atoms. The van der Waals surface area contributed by atoms with Gasteiger partial charge in [-0.1, -0.05) is 6.92 Å². The highest BCUT2D eigenvalue weighted by molar-refractivity contribution is 5.94. The van der Waals surface area contributed by atoms with Crippen LogP contribution in [0.2, 0.25) is 0 Å². The van der Waals surface area contributed by atoms with E-state index in [1.807, 2.05) is 38.1 Å². The van der Waals surface area contributed by atoms with E-state index in [-0.39, 0.29) is 24.4 Å². The maximum absolute atomic E-state index is 12.6. The van der Waals surface area contributed by atoms with Crippen LogP contribution in [0.4, 0.5) is 0 Å². The summed E-state index contributed by atoms with van der Waals surface area (Å²) < 4.78 is 11.3. The van der Waals surface area contributed by atoms with Gasteiger partial charge in [0.2, 0.25) is 0 Å². The van der Waals surface area contributed by atoms with Crippen molar-refractivity contribution in [2.24, 2.45) is 5.92 Å². The molecule has 0 radical (unpaired) electrons. The second-order valence-electron chi connectivity index (χ2n) is 7.35. The first kappa shape index (κ1) is 22.3. The number of aryl methyl sites for hydroxylation is 1. The summed E-state index contributed by atoms with van der Waals surface area (Å²) in [5, 5.41) is 3.09. The first-order valence-corrected chi connectivity index (χ1v) is 9.88. The molecule has 1 aromatic heterocycles. The van der Waals surface area contributed by atoms with Gasteiger partial charge in [0.15, 0.2) is 0 Å². The Bertz CT molecular complexity index is 736. The zero-order valence-corrected chi connectivity index (χ0v) is 17.8. The van der Waals surface area contributed by atoms with Gasteiger partial charge in [-0.2, -0.15) is 0 Å². The Labute approximate surface area is 173 Å². The van der Waals surface area contributed by atoms with E-state index >= 15 is 0 Å². The normalized spacial score (nSPS) is 16.2. The fourth-order valence-corrected chi connectivity index (χ4v) is 3.54. The summed E-state index contributed by atoms with van der Waals surface area (Å²) in [5.74, 6) is 3.29. The summed E-state index contributed by atoms with van der Waals surface area (Å²) in [7, 11) is 0. The van der Waals surface area contributed by atoms with Crippen molar-refractivity contribution >= 4 is 18.3 Å². The molecule has 1 aliphatic heterocycles. The molecule has 1 unspecified atom stereocenters. The van der Waals surface area contributed by atoms with E-state index in [4.69, 9.17) is 9.15 Å². The van der Waals surface area contributed by atoms with Crippen molar-refractivity contribution in [3.8, 4) is 5.75 Å². The number of ether oxygens (including phenoxy) is 1. The summed E-state index contributed by atoms with van der Waals surface area (Å²) in [6, 6.07) is 11.3. The van der Waals surface area contributed by atoms with Crippen LogP contribution in [0, 0.1) is 12.8 Å². The highest BCUT2D eigenvalue weighted by atomic mass is 35.5. The molecule has 2 heterocycles. The number of halogens is 1. The molecule has 1 aliphatic rings. The lowest BCUT2D eigenvalue weighted by Crippen LogP contribution is -2.41. The largest absolute Gasteiger partial charge is 0.494 e. The molecule has 1 aromatic carbocycles. The van der Waals surface area contributed by atoms with Gasteiger partial charge in [0.05, 0.1) is 12.6 Å². The summed E-state index contributed by atoms with van der Waals surface area (Å²) in [5.41, 5.74) is 0.639. The number of hydrogen-bond donors (Lipinski definition) is 1. The number of carbonyl (C=O) groups is 1. The summed E-state index contributed by atoms with van der Waals surface area (Å²) in [6.45, 7) is 9.42. The van der Waals surface area contributed by atoms with E-state index in [0.29, 0.717) is 18.7 Å². The van der Waals surface area contributed by atoms with E-state index in [1.165, 1.54) is 12.8 Å². The standard InChI is InChI=1S/C22H30N2O3.ClH/c1-4-26-19-8-6-18(7-9-19)22(25)23-15-20(21-10-5-17(3)27-21)24-13-11-16(2)12-14-24;/h5-10,16,20H,4,11-15H2,1-3H3,(H,23,25);1H. The molecule has 1 N–H and O–H groups in total. The molecule has 6 heteroatoms. The average molecular weight is 407 g/mol. The minimum atomic E-state index is -0.0725. The van der Waals surface area contributed by atoms with Crippen molar-refractivity contribution in [1.29, 1.82) is 0 Å². The number of nitrogens with zero attached hydrogens (tertiary/aromatic N) is 1. The fourth-order valence-electron chi connectivity index (χ4n) is 3.54. The number of likely N-dealkylation sites (tertiary alicyclic amines) is 1. The van der Waals surface area contributed by atoms with Crippen LogP contribution < -0.4 is 10.1 Å². The van der Waals surface area contributed by atoms with Gasteiger partial charge in [0, 0.05) is 12.1 Å². The second kappa shape index (κ2) is 10.5. The molecule has 3 rings (SSSR count).